The maximum Gasteiger partial charge on any atom is 0.146 e. The lowest BCUT2D eigenvalue weighted by molar-refractivity contribution is 0.274. The van der Waals surface area contributed by atoms with E-state index in [2.05, 4.69) is 5.32 Å². The molecule has 3 nitrogen and oxygen atoms in total. The molecule has 0 fully saturated rings. The largest absolute Gasteiger partial charge is 0.496 e. The number of benzene rings is 2. The number of nitrogens with one attached hydrogen (secondary N) is 1. The monoisotopic (exact) mass is 295 g/mol. The van der Waals surface area contributed by atoms with Crippen molar-refractivity contribution in [3.05, 3.63) is 58.4 Å². The summed E-state index contributed by atoms with van der Waals surface area (Å²) in [6.45, 7) is 0.188. The van der Waals surface area contributed by atoms with Gasteiger partial charge in [-0.25, -0.2) is 4.39 Å². The number of anilines is 1. The minimum absolute atomic E-state index is 0.107. The summed E-state index contributed by atoms with van der Waals surface area (Å²) in [5, 5.41) is 12.5. The second kappa shape index (κ2) is 6.59. The van der Waals surface area contributed by atoms with Crippen LogP contribution in [0, 0.1) is 5.82 Å². The van der Waals surface area contributed by atoms with Gasteiger partial charge in [-0.3, -0.25) is 0 Å². The van der Waals surface area contributed by atoms with Crippen LogP contribution in [0.5, 0.6) is 5.75 Å². The van der Waals surface area contributed by atoms with Crippen molar-refractivity contribution in [3.63, 3.8) is 0 Å². The highest BCUT2D eigenvalue weighted by Gasteiger charge is 2.07. The molecule has 0 amide bonds. The van der Waals surface area contributed by atoms with Gasteiger partial charge in [0.05, 0.1) is 18.7 Å². The molecule has 0 atom stereocenters. The van der Waals surface area contributed by atoms with Crippen molar-refractivity contribution < 1.29 is 14.2 Å². The van der Waals surface area contributed by atoms with Gasteiger partial charge in [-0.15, -0.1) is 0 Å². The summed E-state index contributed by atoms with van der Waals surface area (Å²) in [6, 6.07) is 10.2. The van der Waals surface area contributed by atoms with Gasteiger partial charge in [-0.1, -0.05) is 23.7 Å². The number of aliphatic hydroxyl groups is 1. The van der Waals surface area contributed by atoms with E-state index in [0.29, 0.717) is 23.4 Å². The predicted molar refractivity (Wildman–Crippen MR) is 77.7 cm³/mol. The number of methoxy groups -OCH3 is 1. The number of hydrogen-bond donors (Lipinski definition) is 2. The van der Waals surface area contributed by atoms with Crippen LogP contribution in [-0.2, 0) is 13.2 Å². The van der Waals surface area contributed by atoms with Crippen molar-refractivity contribution in [3.8, 4) is 5.75 Å². The average molecular weight is 296 g/mol. The fourth-order valence-corrected chi connectivity index (χ4v) is 2.09. The molecule has 2 aromatic rings. The van der Waals surface area contributed by atoms with Crippen molar-refractivity contribution >= 4 is 17.3 Å². The Balaban J connectivity index is 2.13. The quantitative estimate of drug-likeness (QED) is 0.886. The fraction of sp³-hybridized carbons (Fsp3) is 0.200. The Hall–Kier alpha value is -1.78. The van der Waals surface area contributed by atoms with E-state index in [-0.39, 0.29) is 11.6 Å². The Bertz CT molecular complexity index is 604. The Morgan fingerprint density at radius 3 is 2.75 bits per heavy atom. The molecule has 0 aromatic heterocycles. The SMILES string of the molecule is COc1ccc(NCc2cccc(Cl)c2F)cc1CO. The van der Waals surface area contributed by atoms with Crippen LogP contribution in [0.1, 0.15) is 11.1 Å². The first-order chi connectivity index (χ1) is 9.65. The molecule has 106 valence electrons. The standard InChI is InChI=1S/C15H15ClFNO2/c1-20-14-6-5-12(7-11(14)9-19)18-8-10-3-2-4-13(16)15(10)17/h2-7,18-19H,8-9H2,1H3. The van der Waals surface area contributed by atoms with E-state index in [1.54, 1.807) is 37.4 Å². The van der Waals surface area contributed by atoms with Crippen molar-refractivity contribution in [1.82, 2.24) is 0 Å². The second-order valence-electron chi connectivity index (χ2n) is 4.25. The molecule has 0 radical (unpaired) electrons. The Kier molecular flexibility index (Phi) is 4.82. The summed E-state index contributed by atoms with van der Waals surface area (Å²) >= 11 is 5.73. The van der Waals surface area contributed by atoms with E-state index in [4.69, 9.17) is 16.3 Å². The van der Waals surface area contributed by atoms with Crippen molar-refractivity contribution in [1.29, 1.82) is 0 Å². The van der Waals surface area contributed by atoms with Crippen molar-refractivity contribution in [2.45, 2.75) is 13.2 Å². The van der Waals surface area contributed by atoms with Crippen LogP contribution < -0.4 is 10.1 Å². The minimum Gasteiger partial charge on any atom is -0.496 e. The van der Waals surface area contributed by atoms with Crippen LogP contribution in [0.25, 0.3) is 0 Å². The first kappa shape index (κ1) is 14.6. The normalized spacial score (nSPS) is 10.4. The maximum atomic E-state index is 13.7. The lowest BCUT2D eigenvalue weighted by atomic mass is 10.1. The molecule has 0 saturated heterocycles. The zero-order valence-electron chi connectivity index (χ0n) is 11.0. The van der Waals surface area contributed by atoms with Gasteiger partial charge >= 0.3 is 0 Å². The minimum atomic E-state index is -0.419. The van der Waals surface area contributed by atoms with Gasteiger partial charge in [0.2, 0.25) is 0 Å². The molecule has 2 N–H and O–H groups in total. The molecule has 0 aliphatic carbocycles. The Morgan fingerprint density at radius 2 is 2.05 bits per heavy atom. The van der Waals surface area contributed by atoms with Crippen molar-refractivity contribution in [2.24, 2.45) is 0 Å². The predicted octanol–water partition coefficient (Wildman–Crippen LogP) is 3.59. The molecule has 0 aliphatic heterocycles. The summed E-state index contributed by atoms with van der Waals surface area (Å²) in [4.78, 5) is 0. The van der Waals surface area contributed by atoms with E-state index in [1.165, 1.54) is 6.07 Å². The number of hydrogen-bond acceptors (Lipinski definition) is 3. The highest BCUT2D eigenvalue weighted by atomic mass is 35.5. The lowest BCUT2D eigenvalue weighted by Crippen LogP contribution is -2.03. The molecule has 5 heteroatoms. The van der Waals surface area contributed by atoms with Gasteiger partial charge in [-0.05, 0) is 24.3 Å². The van der Waals surface area contributed by atoms with E-state index < -0.39 is 5.82 Å². The van der Waals surface area contributed by atoms with Crippen LogP contribution in [0.4, 0.5) is 10.1 Å². The Labute approximate surface area is 122 Å². The molecule has 2 aromatic carbocycles. The summed E-state index contributed by atoms with van der Waals surface area (Å²) in [5.74, 6) is 0.199. The molecule has 0 bridgehead atoms. The zero-order chi connectivity index (χ0) is 14.5. The zero-order valence-corrected chi connectivity index (χ0v) is 11.7. The third kappa shape index (κ3) is 3.21. The maximum absolute atomic E-state index is 13.7. The second-order valence-corrected chi connectivity index (χ2v) is 4.66. The summed E-state index contributed by atoms with van der Waals surface area (Å²) in [6.07, 6.45) is 0. The van der Waals surface area contributed by atoms with Gasteiger partial charge in [-0.2, -0.15) is 0 Å². The van der Waals surface area contributed by atoms with Crippen LogP contribution in [0.2, 0.25) is 5.02 Å². The number of halogens is 2. The highest BCUT2D eigenvalue weighted by molar-refractivity contribution is 6.30. The third-order valence-electron chi connectivity index (χ3n) is 2.97. The highest BCUT2D eigenvalue weighted by Crippen LogP contribution is 2.24. The molecule has 0 unspecified atom stereocenters. The molecule has 0 saturated carbocycles. The van der Waals surface area contributed by atoms with Gasteiger partial charge < -0.3 is 15.2 Å². The summed E-state index contributed by atoms with van der Waals surface area (Å²) < 4.78 is 18.9. The van der Waals surface area contributed by atoms with Crippen molar-refractivity contribution in [2.75, 3.05) is 12.4 Å². The number of aliphatic hydroxyl groups excluding tert-OH is 1. The van der Waals surface area contributed by atoms with Crippen LogP contribution in [0.3, 0.4) is 0 Å². The molecule has 0 aliphatic rings. The van der Waals surface area contributed by atoms with Gasteiger partial charge in [0.15, 0.2) is 0 Å². The third-order valence-corrected chi connectivity index (χ3v) is 3.26. The topological polar surface area (TPSA) is 41.5 Å². The fourth-order valence-electron chi connectivity index (χ4n) is 1.89. The average Bonchev–Trinajstić information content (AvgIpc) is 2.48. The Morgan fingerprint density at radius 1 is 1.25 bits per heavy atom. The lowest BCUT2D eigenvalue weighted by Gasteiger charge is -2.11. The van der Waals surface area contributed by atoms with Crippen LogP contribution in [0.15, 0.2) is 36.4 Å². The molecule has 0 heterocycles. The molecule has 0 spiro atoms. The summed E-state index contributed by atoms with van der Waals surface area (Å²) in [5.41, 5.74) is 1.93. The first-order valence-electron chi connectivity index (χ1n) is 6.10. The molecular formula is C15H15ClFNO2. The molecule has 2 rings (SSSR count). The summed E-state index contributed by atoms with van der Waals surface area (Å²) in [7, 11) is 1.54. The van der Waals surface area contributed by atoms with Crippen LogP contribution >= 0.6 is 11.6 Å². The molecular weight excluding hydrogens is 281 g/mol. The van der Waals surface area contributed by atoms with Gasteiger partial charge in [0.1, 0.15) is 11.6 Å². The van der Waals surface area contributed by atoms with E-state index >= 15 is 0 Å². The number of rotatable bonds is 5. The first-order valence-corrected chi connectivity index (χ1v) is 6.48. The number of ether oxygens (including phenoxy) is 1. The molecule has 20 heavy (non-hydrogen) atoms. The van der Waals surface area contributed by atoms with Gasteiger partial charge in [0.25, 0.3) is 0 Å². The van der Waals surface area contributed by atoms with E-state index in [0.717, 1.165) is 5.69 Å². The van der Waals surface area contributed by atoms with Crippen LogP contribution in [-0.4, -0.2) is 12.2 Å². The van der Waals surface area contributed by atoms with Gasteiger partial charge in [0, 0.05) is 23.4 Å². The van der Waals surface area contributed by atoms with E-state index in [9.17, 15) is 9.50 Å². The van der Waals surface area contributed by atoms with E-state index in [1.807, 2.05) is 0 Å². The smallest absolute Gasteiger partial charge is 0.146 e.